The number of aryl methyl sites for hydroxylation is 2. The van der Waals surface area contributed by atoms with Crippen LogP contribution in [0.25, 0.3) is 0 Å². The zero-order chi connectivity index (χ0) is 14.9. The summed E-state index contributed by atoms with van der Waals surface area (Å²) in [5.74, 6) is -2.06. The van der Waals surface area contributed by atoms with Gasteiger partial charge in [0.1, 0.15) is 4.99 Å². The van der Waals surface area contributed by atoms with Crippen LogP contribution in [0.15, 0.2) is 18.3 Å². The van der Waals surface area contributed by atoms with Gasteiger partial charge in [-0.2, -0.15) is 5.10 Å². The van der Waals surface area contributed by atoms with Crippen LogP contribution in [0.1, 0.15) is 18.2 Å². The predicted octanol–water partition coefficient (Wildman–Crippen LogP) is 2.64. The van der Waals surface area contributed by atoms with Gasteiger partial charge >= 0.3 is 0 Å². The molecule has 0 saturated carbocycles. The van der Waals surface area contributed by atoms with Gasteiger partial charge in [-0.05, 0) is 18.6 Å². The third-order valence-electron chi connectivity index (χ3n) is 2.86. The van der Waals surface area contributed by atoms with Crippen molar-refractivity contribution in [3.05, 3.63) is 41.2 Å². The molecule has 2 aromatic rings. The molecule has 4 nitrogen and oxygen atoms in total. The van der Waals surface area contributed by atoms with Gasteiger partial charge in [-0.3, -0.25) is 4.68 Å². The minimum Gasteiger partial charge on any atom is -0.389 e. The van der Waals surface area contributed by atoms with E-state index in [0.29, 0.717) is 12.1 Å². The van der Waals surface area contributed by atoms with Crippen LogP contribution in [0.4, 0.5) is 20.2 Å². The van der Waals surface area contributed by atoms with Gasteiger partial charge in [0, 0.05) is 18.8 Å². The van der Waals surface area contributed by atoms with E-state index in [-0.39, 0.29) is 16.2 Å². The zero-order valence-corrected chi connectivity index (χ0v) is 11.9. The molecule has 0 fully saturated rings. The highest BCUT2D eigenvalue weighted by atomic mass is 32.1. The lowest BCUT2D eigenvalue weighted by Crippen LogP contribution is -2.13. The number of aromatic nitrogens is 2. The smallest absolute Gasteiger partial charge is 0.182 e. The molecule has 0 aliphatic carbocycles. The van der Waals surface area contributed by atoms with E-state index < -0.39 is 11.6 Å². The average Bonchev–Trinajstić information content (AvgIpc) is 2.75. The van der Waals surface area contributed by atoms with Gasteiger partial charge in [-0.1, -0.05) is 19.1 Å². The molecule has 1 aromatic carbocycles. The summed E-state index contributed by atoms with van der Waals surface area (Å²) < 4.78 is 29.4. The van der Waals surface area contributed by atoms with E-state index in [1.807, 2.05) is 6.92 Å². The Morgan fingerprint density at radius 3 is 2.65 bits per heavy atom. The Bertz CT molecular complexity index is 667. The SMILES string of the molecule is CCc1nn(C)cc1Nc1ccc(C(N)=S)c(F)c1F. The second-order valence-electron chi connectivity index (χ2n) is 4.29. The Morgan fingerprint density at radius 1 is 1.35 bits per heavy atom. The summed E-state index contributed by atoms with van der Waals surface area (Å²) in [6, 6.07) is 2.75. The molecule has 106 valence electrons. The van der Waals surface area contributed by atoms with E-state index in [4.69, 9.17) is 5.73 Å². The number of nitrogens with one attached hydrogen (secondary N) is 1. The van der Waals surface area contributed by atoms with Gasteiger partial charge in [-0.25, -0.2) is 8.78 Å². The monoisotopic (exact) mass is 296 g/mol. The number of hydrogen-bond acceptors (Lipinski definition) is 3. The number of rotatable bonds is 4. The molecule has 3 N–H and O–H groups in total. The number of benzene rings is 1. The van der Waals surface area contributed by atoms with Crippen LogP contribution in [0.3, 0.4) is 0 Å². The summed E-state index contributed by atoms with van der Waals surface area (Å²) in [7, 11) is 1.76. The Labute approximate surface area is 120 Å². The number of hydrogen-bond donors (Lipinski definition) is 2. The van der Waals surface area contributed by atoms with Gasteiger partial charge in [0.25, 0.3) is 0 Å². The molecule has 0 aliphatic rings. The fourth-order valence-electron chi connectivity index (χ4n) is 1.88. The first-order valence-electron chi connectivity index (χ1n) is 6.01. The highest BCUT2D eigenvalue weighted by molar-refractivity contribution is 7.80. The van der Waals surface area contributed by atoms with Crippen molar-refractivity contribution in [3.8, 4) is 0 Å². The maximum atomic E-state index is 14.0. The molecule has 0 unspecified atom stereocenters. The summed E-state index contributed by atoms with van der Waals surface area (Å²) in [6.45, 7) is 1.93. The first kappa shape index (κ1) is 14.4. The Balaban J connectivity index is 2.39. The van der Waals surface area contributed by atoms with E-state index in [9.17, 15) is 8.78 Å². The summed E-state index contributed by atoms with van der Waals surface area (Å²) >= 11 is 4.66. The standard InChI is InChI=1S/C13H14F2N4S/c1-3-8-10(6-19(2)18-8)17-9-5-4-7(13(16)20)11(14)12(9)15/h4-6,17H,3H2,1-2H3,(H2,16,20). The van der Waals surface area contributed by atoms with Crippen LogP contribution in [-0.4, -0.2) is 14.8 Å². The van der Waals surface area contributed by atoms with Crippen molar-refractivity contribution in [1.29, 1.82) is 0 Å². The predicted molar refractivity (Wildman–Crippen MR) is 78.1 cm³/mol. The molecule has 20 heavy (non-hydrogen) atoms. The number of thiocarbonyl (C=S) groups is 1. The van der Waals surface area contributed by atoms with Crippen LogP contribution in [0.5, 0.6) is 0 Å². The molecule has 7 heteroatoms. The quantitative estimate of drug-likeness (QED) is 0.852. The highest BCUT2D eigenvalue weighted by Crippen LogP contribution is 2.26. The van der Waals surface area contributed by atoms with Crippen LogP contribution in [0, 0.1) is 11.6 Å². The highest BCUT2D eigenvalue weighted by Gasteiger charge is 2.16. The molecule has 0 bridgehead atoms. The summed E-state index contributed by atoms with van der Waals surface area (Å²) in [6.07, 6.45) is 2.38. The van der Waals surface area contributed by atoms with E-state index in [0.717, 1.165) is 5.69 Å². The van der Waals surface area contributed by atoms with Crippen molar-refractivity contribution in [2.24, 2.45) is 12.8 Å². The van der Waals surface area contributed by atoms with Crippen LogP contribution in [-0.2, 0) is 13.5 Å². The largest absolute Gasteiger partial charge is 0.389 e. The third-order valence-corrected chi connectivity index (χ3v) is 3.08. The van der Waals surface area contributed by atoms with Crippen LogP contribution < -0.4 is 11.1 Å². The fraction of sp³-hybridized carbons (Fsp3) is 0.231. The molecular formula is C13H14F2N4S. The lowest BCUT2D eigenvalue weighted by atomic mass is 10.1. The van der Waals surface area contributed by atoms with Crippen molar-refractivity contribution < 1.29 is 8.78 Å². The topological polar surface area (TPSA) is 55.9 Å². The first-order chi connectivity index (χ1) is 9.43. The van der Waals surface area contributed by atoms with E-state index in [1.165, 1.54) is 12.1 Å². The van der Waals surface area contributed by atoms with Crippen molar-refractivity contribution in [2.75, 3.05) is 5.32 Å². The first-order valence-corrected chi connectivity index (χ1v) is 6.42. The molecule has 0 aliphatic heterocycles. The van der Waals surface area contributed by atoms with E-state index in [1.54, 1.807) is 17.9 Å². The second kappa shape index (κ2) is 5.54. The average molecular weight is 296 g/mol. The van der Waals surface area contributed by atoms with Gasteiger partial charge in [0.15, 0.2) is 11.6 Å². The molecule has 0 spiro atoms. The Kier molecular flexibility index (Phi) is 3.99. The minimum atomic E-state index is -1.05. The maximum Gasteiger partial charge on any atom is 0.182 e. The number of halogens is 2. The summed E-state index contributed by atoms with van der Waals surface area (Å²) in [5.41, 5.74) is 6.64. The normalized spacial score (nSPS) is 10.6. The third kappa shape index (κ3) is 2.62. The maximum absolute atomic E-state index is 14.0. The molecular weight excluding hydrogens is 282 g/mol. The molecule has 1 aromatic heterocycles. The molecule has 0 atom stereocenters. The molecule has 0 radical (unpaired) electrons. The van der Waals surface area contributed by atoms with Crippen molar-refractivity contribution >= 4 is 28.6 Å². The van der Waals surface area contributed by atoms with Crippen LogP contribution in [0.2, 0.25) is 0 Å². The molecule has 0 saturated heterocycles. The minimum absolute atomic E-state index is 0.0187. The second-order valence-corrected chi connectivity index (χ2v) is 4.73. The van der Waals surface area contributed by atoms with Gasteiger partial charge < -0.3 is 11.1 Å². The van der Waals surface area contributed by atoms with Crippen LogP contribution >= 0.6 is 12.2 Å². The van der Waals surface area contributed by atoms with Gasteiger partial charge in [0.05, 0.1) is 17.1 Å². The lowest BCUT2D eigenvalue weighted by Gasteiger charge is -2.09. The molecule has 2 rings (SSSR count). The zero-order valence-electron chi connectivity index (χ0n) is 11.1. The summed E-state index contributed by atoms with van der Waals surface area (Å²) in [4.78, 5) is -0.177. The Hall–Kier alpha value is -2.02. The van der Waals surface area contributed by atoms with E-state index >= 15 is 0 Å². The van der Waals surface area contributed by atoms with Gasteiger partial charge in [-0.15, -0.1) is 0 Å². The number of anilines is 2. The van der Waals surface area contributed by atoms with Gasteiger partial charge in [0.2, 0.25) is 0 Å². The summed E-state index contributed by atoms with van der Waals surface area (Å²) in [5, 5.41) is 7.06. The fourth-order valence-corrected chi connectivity index (χ4v) is 2.04. The number of nitrogens with zero attached hydrogens (tertiary/aromatic N) is 2. The van der Waals surface area contributed by atoms with Crippen molar-refractivity contribution in [3.63, 3.8) is 0 Å². The van der Waals surface area contributed by atoms with Crippen molar-refractivity contribution in [2.45, 2.75) is 13.3 Å². The van der Waals surface area contributed by atoms with Crippen molar-refractivity contribution in [1.82, 2.24) is 9.78 Å². The molecule has 1 heterocycles. The Morgan fingerprint density at radius 2 is 2.05 bits per heavy atom. The number of nitrogens with two attached hydrogens (primary N) is 1. The molecule has 0 amide bonds. The van der Waals surface area contributed by atoms with E-state index in [2.05, 4.69) is 22.6 Å². The lowest BCUT2D eigenvalue weighted by molar-refractivity contribution is 0.510.